The first-order chi connectivity index (χ1) is 6.93. The molecule has 0 unspecified atom stereocenters. The summed E-state index contributed by atoms with van der Waals surface area (Å²) in [5.74, 6) is -0.413. The monoisotopic (exact) mass is 206 g/mol. The third-order valence-electron chi connectivity index (χ3n) is 2.47. The molecule has 2 N–H and O–H groups in total. The highest BCUT2D eigenvalue weighted by Crippen LogP contribution is 2.20. The van der Waals surface area contributed by atoms with E-state index in [2.05, 4.69) is 31.4 Å². The quantitative estimate of drug-likeness (QED) is 0.757. The van der Waals surface area contributed by atoms with Crippen molar-refractivity contribution in [3.63, 3.8) is 0 Å². The van der Waals surface area contributed by atoms with E-state index in [4.69, 9.17) is 5.73 Å². The van der Waals surface area contributed by atoms with Crippen molar-refractivity contribution in [1.29, 1.82) is 0 Å². The summed E-state index contributed by atoms with van der Waals surface area (Å²) in [6.07, 6.45) is 3.16. The third kappa shape index (κ3) is 2.49. The molecule has 3 heteroatoms. The lowest BCUT2D eigenvalue weighted by Gasteiger charge is -2.13. The van der Waals surface area contributed by atoms with Crippen LogP contribution in [-0.2, 0) is 4.79 Å². The van der Waals surface area contributed by atoms with Crippen LogP contribution in [0.2, 0.25) is 0 Å². The minimum absolute atomic E-state index is 0.413. The van der Waals surface area contributed by atoms with E-state index in [1.165, 1.54) is 17.5 Å². The minimum atomic E-state index is -0.413. The highest BCUT2D eigenvalue weighted by molar-refractivity contribution is 5.90. The van der Waals surface area contributed by atoms with Gasteiger partial charge in [-0.2, -0.15) is 0 Å². The normalized spacial score (nSPS) is 11.5. The zero-order valence-corrected chi connectivity index (χ0v) is 9.74. The van der Waals surface area contributed by atoms with Crippen LogP contribution in [0, 0.1) is 13.8 Å². The Morgan fingerprint density at radius 3 is 2.47 bits per heavy atom. The van der Waals surface area contributed by atoms with Crippen LogP contribution in [-0.4, -0.2) is 10.5 Å². The maximum atomic E-state index is 10.6. The predicted molar refractivity (Wildman–Crippen MR) is 62.5 cm³/mol. The molecule has 3 nitrogen and oxygen atoms in total. The van der Waals surface area contributed by atoms with E-state index >= 15 is 0 Å². The third-order valence-corrected chi connectivity index (χ3v) is 2.47. The van der Waals surface area contributed by atoms with Crippen molar-refractivity contribution >= 4 is 12.0 Å². The van der Waals surface area contributed by atoms with E-state index in [0.29, 0.717) is 6.04 Å². The van der Waals surface area contributed by atoms with E-state index in [-0.39, 0.29) is 0 Å². The van der Waals surface area contributed by atoms with Crippen LogP contribution >= 0.6 is 0 Å². The number of primary amides is 1. The summed E-state index contributed by atoms with van der Waals surface area (Å²) in [4.78, 5) is 10.6. The number of aromatic nitrogens is 1. The first kappa shape index (κ1) is 11.6. The molecule has 0 saturated heterocycles. The molecule has 15 heavy (non-hydrogen) atoms. The molecule has 1 amide bonds. The smallest absolute Gasteiger partial charge is 0.241 e. The fourth-order valence-electron chi connectivity index (χ4n) is 1.94. The van der Waals surface area contributed by atoms with Crippen LogP contribution < -0.4 is 5.73 Å². The van der Waals surface area contributed by atoms with Crippen molar-refractivity contribution in [1.82, 2.24) is 4.57 Å². The van der Waals surface area contributed by atoms with Gasteiger partial charge in [-0.3, -0.25) is 4.79 Å². The lowest BCUT2D eigenvalue weighted by molar-refractivity contribution is -0.113. The second-order valence-electron chi connectivity index (χ2n) is 4.03. The zero-order chi connectivity index (χ0) is 11.6. The second kappa shape index (κ2) is 4.34. The van der Waals surface area contributed by atoms with Crippen LogP contribution in [0.15, 0.2) is 12.1 Å². The Bertz CT molecular complexity index is 400. The maximum Gasteiger partial charge on any atom is 0.241 e. The Balaban J connectivity index is 3.12. The lowest BCUT2D eigenvalue weighted by Crippen LogP contribution is -2.06. The van der Waals surface area contributed by atoms with Gasteiger partial charge in [0, 0.05) is 23.5 Å². The molecular formula is C12H18N2O. The van der Waals surface area contributed by atoms with Crippen molar-refractivity contribution in [3.05, 3.63) is 29.1 Å². The van der Waals surface area contributed by atoms with Gasteiger partial charge in [0.15, 0.2) is 0 Å². The van der Waals surface area contributed by atoms with E-state index in [1.54, 1.807) is 6.08 Å². The Labute approximate surface area is 90.6 Å². The number of carbonyl (C=O) groups excluding carboxylic acids is 1. The number of nitrogens with zero attached hydrogens (tertiary/aromatic N) is 1. The second-order valence-corrected chi connectivity index (χ2v) is 4.03. The summed E-state index contributed by atoms with van der Waals surface area (Å²) in [5.41, 5.74) is 8.49. The van der Waals surface area contributed by atoms with Gasteiger partial charge in [-0.25, -0.2) is 0 Å². The average molecular weight is 206 g/mol. The van der Waals surface area contributed by atoms with Gasteiger partial charge in [0.25, 0.3) is 0 Å². The molecule has 0 aromatic carbocycles. The van der Waals surface area contributed by atoms with Gasteiger partial charge in [0.2, 0.25) is 5.91 Å². The van der Waals surface area contributed by atoms with Gasteiger partial charge < -0.3 is 10.3 Å². The highest BCUT2D eigenvalue weighted by Gasteiger charge is 2.09. The van der Waals surface area contributed by atoms with Crippen molar-refractivity contribution < 1.29 is 4.79 Å². The van der Waals surface area contributed by atoms with Gasteiger partial charge in [0.05, 0.1) is 0 Å². The number of amides is 1. The first-order valence-electron chi connectivity index (χ1n) is 5.09. The molecular weight excluding hydrogens is 188 g/mol. The maximum absolute atomic E-state index is 10.6. The van der Waals surface area contributed by atoms with Gasteiger partial charge in [0.1, 0.15) is 0 Å². The Morgan fingerprint density at radius 2 is 2.07 bits per heavy atom. The number of carbonyl (C=O) groups is 1. The van der Waals surface area contributed by atoms with Gasteiger partial charge in [-0.1, -0.05) is 0 Å². The molecule has 1 rings (SSSR count). The van der Waals surface area contributed by atoms with Gasteiger partial charge >= 0.3 is 0 Å². The van der Waals surface area contributed by atoms with Crippen LogP contribution in [0.4, 0.5) is 0 Å². The van der Waals surface area contributed by atoms with E-state index in [9.17, 15) is 4.79 Å². The number of hydrogen-bond acceptors (Lipinski definition) is 1. The van der Waals surface area contributed by atoms with E-state index < -0.39 is 5.91 Å². The molecule has 1 aromatic rings. The summed E-state index contributed by atoms with van der Waals surface area (Å²) in [5, 5.41) is 0. The lowest BCUT2D eigenvalue weighted by atomic mass is 10.2. The molecule has 0 radical (unpaired) electrons. The fraction of sp³-hybridized carbons (Fsp3) is 0.417. The molecule has 0 bridgehead atoms. The van der Waals surface area contributed by atoms with Crippen molar-refractivity contribution in [2.45, 2.75) is 33.7 Å². The zero-order valence-electron chi connectivity index (χ0n) is 9.74. The molecule has 0 aliphatic heterocycles. The van der Waals surface area contributed by atoms with E-state index in [1.807, 2.05) is 6.92 Å². The summed E-state index contributed by atoms with van der Waals surface area (Å²) in [6, 6.07) is 2.50. The Hall–Kier alpha value is -1.51. The number of nitrogens with two attached hydrogens (primary N) is 1. The summed E-state index contributed by atoms with van der Waals surface area (Å²) in [7, 11) is 0. The SMILES string of the molecule is Cc1cc(/C=C\C(N)=O)c(C)n1C(C)C. The minimum Gasteiger partial charge on any atom is -0.366 e. The first-order valence-corrected chi connectivity index (χ1v) is 5.09. The molecule has 0 aliphatic rings. The van der Waals surface area contributed by atoms with Crippen LogP contribution in [0.3, 0.4) is 0 Å². The number of rotatable bonds is 3. The number of aryl methyl sites for hydroxylation is 1. The van der Waals surface area contributed by atoms with E-state index in [0.717, 1.165) is 5.56 Å². The molecule has 0 fully saturated rings. The molecule has 0 aliphatic carbocycles. The van der Waals surface area contributed by atoms with Gasteiger partial charge in [-0.15, -0.1) is 0 Å². The summed E-state index contributed by atoms with van der Waals surface area (Å²) in [6.45, 7) is 8.39. The van der Waals surface area contributed by atoms with Crippen molar-refractivity contribution in [3.8, 4) is 0 Å². The fourth-order valence-corrected chi connectivity index (χ4v) is 1.94. The molecule has 1 heterocycles. The van der Waals surface area contributed by atoms with Crippen molar-refractivity contribution in [2.24, 2.45) is 5.73 Å². The molecule has 82 valence electrons. The standard InChI is InChI=1S/C12H18N2O/c1-8(2)14-9(3)7-11(10(14)4)5-6-12(13)15/h5-8H,1-4H3,(H2,13,15)/b6-5-. The summed E-state index contributed by atoms with van der Waals surface area (Å²) < 4.78 is 2.24. The predicted octanol–water partition coefficient (Wildman–Crippen LogP) is 2.18. The van der Waals surface area contributed by atoms with Crippen LogP contribution in [0.5, 0.6) is 0 Å². The molecule has 0 atom stereocenters. The van der Waals surface area contributed by atoms with Crippen LogP contribution in [0.25, 0.3) is 6.08 Å². The largest absolute Gasteiger partial charge is 0.366 e. The summed E-state index contributed by atoms with van der Waals surface area (Å²) >= 11 is 0. The molecule has 1 aromatic heterocycles. The topological polar surface area (TPSA) is 48.0 Å². The Kier molecular flexibility index (Phi) is 3.35. The van der Waals surface area contributed by atoms with Gasteiger partial charge in [-0.05, 0) is 45.4 Å². The number of hydrogen-bond donors (Lipinski definition) is 1. The average Bonchev–Trinajstić information content (AvgIpc) is 2.37. The highest BCUT2D eigenvalue weighted by atomic mass is 16.1. The van der Waals surface area contributed by atoms with Crippen molar-refractivity contribution in [2.75, 3.05) is 0 Å². The Morgan fingerprint density at radius 1 is 1.47 bits per heavy atom. The molecule has 0 saturated carbocycles. The molecule has 0 spiro atoms. The van der Waals surface area contributed by atoms with Crippen LogP contribution in [0.1, 0.15) is 36.8 Å².